The first-order valence-corrected chi connectivity index (χ1v) is 5.65. The Kier molecular flexibility index (Phi) is 2.21. The maximum atomic E-state index is 11.5. The van der Waals surface area contributed by atoms with Gasteiger partial charge in [-0.3, -0.25) is 4.79 Å². The quantitative estimate of drug-likeness (QED) is 0.605. The van der Waals surface area contributed by atoms with Crippen LogP contribution >= 0.6 is 0 Å². The van der Waals surface area contributed by atoms with Gasteiger partial charge in [-0.2, -0.15) is 0 Å². The summed E-state index contributed by atoms with van der Waals surface area (Å²) in [6.07, 6.45) is 7.88. The van der Waals surface area contributed by atoms with E-state index < -0.39 is 0 Å². The third kappa shape index (κ3) is 1.33. The van der Waals surface area contributed by atoms with Crippen LogP contribution in [0.4, 0.5) is 0 Å². The fourth-order valence-corrected chi connectivity index (χ4v) is 3.73. The summed E-state index contributed by atoms with van der Waals surface area (Å²) >= 11 is 0. The van der Waals surface area contributed by atoms with Crippen molar-refractivity contribution in [2.75, 3.05) is 0 Å². The molecule has 0 amide bonds. The first kappa shape index (κ1) is 9.23. The molecule has 0 saturated heterocycles. The van der Waals surface area contributed by atoms with Crippen molar-refractivity contribution in [2.45, 2.75) is 52.4 Å². The monoisotopic (exact) mass is 180 g/mol. The van der Waals surface area contributed by atoms with Crippen LogP contribution in [0.15, 0.2) is 0 Å². The zero-order valence-corrected chi connectivity index (χ0v) is 8.81. The highest BCUT2D eigenvalue weighted by Crippen LogP contribution is 2.55. The van der Waals surface area contributed by atoms with E-state index in [1.54, 1.807) is 6.92 Å². The largest absolute Gasteiger partial charge is 0.300 e. The van der Waals surface area contributed by atoms with Gasteiger partial charge in [-0.15, -0.1) is 0 Å². The molecule has 13 heavy (non-hydrogen) atoms. The summed E-state index contributed by atoms with van der Waals surface area (Å²) in [6, 6.07) is 0. The number of Topliss-reactive ketones (excluding diaryl/α,β-unsaturated/α-hetero) is 1. The number of rotatable bonds is 1. The average Bonchev–Trinajstić information content (AvgIpc) is 2.41. The van der Waals surface area contributed by atoms with Crippen molar-refractivity contribution < 1.29 is 4.79 Å². The van der Waals surface area contributed by atoms with E-state index >= 15 is 0 Å². The lowest BCUT2D eigenvalue weighted by molar-refractivity contribution is -0.124. The number of carbonyl (C=O) groups excluding carboxylic acids is 1. The van der Waals surface area contributed by atoms with Crippen LogP contribution < -0.4 is 0 Å². The van der Waals surface area contributed by atoms with E-state index in [1.165, 1.54) is 32.1 Å². The van der Waals surface area contributed by atoms with Gasteiger partial charge in [0.25, 0.3) is 0 Å². The number of carbonyl (C=O) groups is 1. The summed E-state index contributed by atoms with van der Waals surface area (Å²) in [4.78, 5) is 11.5. The highest BCUT2D eigenvalue weighted by molar-refractivity contribution is 5.79. The van der Waals surface area contributed by atoms with Crippen LogP contribution in [0.3, 0.4) is 0 Å². The molecule has 3 unspecified atom stereocenters. The van der Waals surface area contributed by atoms with E-state index in [9.17, 15) is 4.79 Å². The lowest BCUT2D eigenvalue weighted by Gasteiger charge is -2.39. The highest BCUT2D eigenvalue weighted by atomic mass is 16.1. The molecule has 0 radical (unpaired) electrons. The van der Waals surface area contributed by atoms with Crippen LogP contribution in [0.5, 0.6) is 0 Å². The van der Waals surface area contributed by atoms with Gasteiger partial charge in [0.2, 0.25) is 0 Å². The molecule has 3 atom stereocenters. The van der Waals surface area contributed by atoms with Crippen molar-refractivity contribution in [3.8, 4) is 0 Å². The molecule has 0 heterocycles. The second kappa shape index (κ2) is 3.11. The van der Waals surface area contributed by atoms with E-state index in [1.807, 2.05) is 0 Å². The van der Waals surface area contributed by atoms with Gasteiger partial charge >= 0.3 is 0 Å². The summed E-state index contributed by atoms with van der Waals surface area (Å²) in [5.74, 6) is 1.68. The van der Waals surface area contributed by atoms with Crippen LogP contribution in [0.1, 0.15) is 52.4 Å². The Morgan fingerprint density at radius 2 is 2.00 bits per heavy atom. The van der Waals surface area contributed by atoms with Crippen molar-refractivity contribution >= 4 is 5.78 Å². The topological polar surface area (TPSA) is 17.1 Å². The van der Waals surface area contributed by atoms with Crippen molar-refractivity contribution in [2.24, 2.45) is 17.3 Å². The fourth-order valence-electron chi connectivity index (χ4n) is 3.73. The first-order chi connectivity index (χ1) is 6.14. The predicted octanol–water partition coefficient (Wildman–Crippen LogP) is 3.18. The van der Waals surface area contributed by atoms with Crippen LogP contribution in [-0.4, -0.2) is 5.78 Å². The molecular formula is C12H20O. The molecule has 2 aliphatic rings. The minimum absolute atomic E-state index is 0.379. The predicted molar refractivity (Wildman–Crippen MR) is 53.5 cm³/mol. The number of fused-ring (bicyclic) bond motifs is 1. The summed E-state index contributed by atoms with van der Waals surface area (Å²) in [6.45, 7) is 4.14. The molecule has 74 valence electrons. The molecule has 2 rings (SSSR count). The number of ketones is 1. The molecule has 0 aromatic carbocycles. The van der Waals surface area contributed by atoms with Gasteiger partial charge in [0.15, 0.2) is 0 Å². The Bertz CT molecular complexity index is 221. The van der Waals surface area contributed by atoms with Crippen molar-refractivity contribution in [1.29, 1.82) is 0 Å². The van der Waals surface area contributed by atoms with Gasteiger partial charge < -0.3 is 0 Å². The third-order valence-electron chi connectivity index (χ3n) is 4.54. The minimum atomic E-state index is 0.379. The van der Waals surface area contributed by atoms with Crippen LogP contribution in [-0.2, 0) is 4.79 Å². The lowest BCUT2D eigenvalue weighted by atomic mass is 9.65. The molecule has 2 saturated carbocycles. The van der Waals surface area contributed by atoms with E-state index in [2.05, 4.69) is 6.92 Å². The van der Waals surface area contributed by atoms with E-state index in [4.69, 9.17) is 0 Å². The molecule has 0 aliphatic heterocycles. The Balaban J connectivity index is 2.20. The summed E-state index contributed by atoms with van der Waals surface area (Å²) in [5.41, 5.74) is 0.379. The molecule has 0 aromatic heterocycles. The van der Waals surface area contributed by atoms with Gasteiger partial charge in [0.05, 0.1) is 0 Å². The second-order valence-electron chi connectivity index (χ2n) is 5.19. The molecule has 2 fully saturated rings. The van der Waals surface area contributed by atoms with Gasteiger partial charge in [0.1, 0.15) is 5.78 Å². The van der Waals surface area contributed by atoms with E-state index in [0.717, 1.165) is 12.3 Å². The van der Waals surface area contributed by atoms with Crippen molar-refractivity contribution in [1.82, 2.24) is 0 Å². The number of hydrogen-bond acceptors (Lipinski definition) is 1. The van der Waals surface area contributed by atoms with Gasteiger partial charge in [0, 0.05) is 5.92 Å². The maximum Gasteiger partial charge on any atom is 0.133 e. The highest BCUT2D eigenvalue weighted by Gasteiger charge is 2.48. The molecule has 2 aliphatic carbocycles. The van der Waals surface area contributed by atoms with E-state index in [-0.39, 0.29) is 0 Å². The molecule has 0 bridgehead atoms. The Morgan fingerprint density at radius 1 is 1.23 bits per heavy atom. The number of hydrogen-bond donors (Lipinski definition) is 0. The molecule has 0 N–H and O–H groups in total. The zero-order valence-electron chi connectivity index (χ0n) is 8.81. The minimum Gasteiger partial charge on any atom is -0.300 e. The molecule has 1 nitrogen and oxygen atoms in total. The van der Waals surface area contributed by atoms with Crippen molar-refractivity contribution in [3.05, 3.63) is 0 Å². The fraction of sp³-hybridized carbons (Fsp3) is 0.917. The van der Waals surface area contributed by atoms with Gasteiger partial charge in [-0.05, 0) is 43.9 Å². The molecule has 0 spiro atoms. The Morgan fingerprint density at radius 3 is 2.69 bits per heavy atom. The van der Waals surface area contributed by atoms with Gasteiger partial charge in [-0.1, -0.05) is 19.8 Å². The standard InChI is InChI=1S/C12H20O/c1-9(13)11-7-6-10-5-3-4-8-12(10,11)2/h10-11H,3-8H2,1-2H3. The van der Waals surface area contributed by atoms with Gasteiger partial charge in [-0.25, -0.2) is 0 Å². The van der Waals surface area contributed by atoms with Crippen molar-refractivity contribution in [3.63, 3.8) is 0 Å². The first-order valence-electron chi connectivity index (χ1n) is 5.65. The zero-order chi connectivity index (χ0) is 9.47. The Labute approximate surface area is 80.9 Å². The van der Waals surface area contributed by atoms with Crippen LogP contribution in [0.25, 0.3) is 0 Å². The summed E-state index contributed by atoms with van der Waals surface area (Å²) in [5, 5.41) is 0. The third-order valence-corrected chi connectivity index (χ3v) is 4.54. The molecule has 0 aromatic rings. The second-order valence-corrected chi connectivity index (χ2v) is 5.19. The van der Waals surface area contributed by atoms with Crippen LogP contribution in [0, 0.1) is 17.3 Å². The Hall–Kier alpha value is -0.330. The average molecular weight is 180 g/mol. The lowest BCUT2D eigenvalue weighted by Crippen LogP contribution is -2.34. The SMILES string of the molecule is CC(=O)C1CCC2CCCCC21C. The summed E-state index contributed by atoms with van der Waals surface area (Å²) in [7, 11) is 0. The maximum absolute atomic E-state index is 11.5. The van der Waals surface area contributed by atoms with Crippen LogP contribution in [0.2, 0.25) is 0 Å². The normalized spacial score (nSPS) is 44.5. The van der Waals surface area contributed by atoms with E-state index in [0.29, 0.717) is 17.1 Å². The molecule has 1 heteroatoms. The molecular weight excluding hydrogens is 160 g/mol. The smallest absolute Gasteiger partial charge is 0.133 e. The summed E-state index contributed by atoms with van der Waals surface area (Å²) < 4.78 is 0.